The minimum absolute atomic E-state index is 0.0662. The predicted molar refractivity (Wildman–Crippen MR) is 122 cm³/mol. The monoisotopic (exact) mass is 449 g/mol. The number of rotatable bonds is 6. The second-order valence-corrected chi connectivity index (χ2v) is 6.95. The molecule has 0 saturated carbocycles. The van der Waals surface area contributed by atoms with Gasteiger partial charge in [-0.2, -0.15) is 0 Å². The molecule has 3 N–H and O–H groups in total. The number of amides is 3. The lowest BCUT2D eigenvalue weighted by Crippen LogP contribution is -2.45. The number of hydrogen-bond donors (Lipinski definition) is 3. The van der Waals surface area contributed by atoms with E-state index in [4.69, 9.17) is 16.3 Å². The summed E-state index contributed by atoms with van der Waals surface area (Å²) >= 11 is 6.01. The fourth-order valence-electron chi connectivity index (χ4n) is 2.70. The maximum atomic E-state index is 12.8. The Morgan fingerprint density at radius 3 is 2.12 bits per heavy atom. The lowest BCUT2D eigenvalue weighted by Gasteiger charge is -2.12. The average Bonchev–Trinajstić information content (AvgIpc) is 2.83. The van der Waals surface area contributed by atoms with Crippen LogP contribution in [0.15, 0.2) is 84.6 Å². The molecule has 0 fully saturated rings. The summed E-state index contributed by atoms with van der Waals surface area (Å²) in [6.07, 6.45) is 1.48. The number of halogens is 1. The first-order valence-electron chi connectivity index (χ1n) is 9.55. The third kappa shape index (κ3) is 5.96. The number of carbonyl (C=O) groups excluding carboxylic acids is 3. The van der Waals surface area contributed by atoms with Crippen LogP contribution in [0, 0.1) is 0 Å². The van der Waals surface area contributed by atoms with E-state index in [9.17, 15) is 14.4 Å². The Morgan fingerprint density at radius 2 is 1.47 bits per heavy atom. The van der Waals surface area contributed by atoms with Gasteiger partial charge in [-0.3, -0.25) is 25.2 Å². The van der Waals surface area contributed by atoms with Crippen molar-refractivity contribution in [3.05, 3.63) is 106 Å². The molecule has 8 heteroatoms. The Bertz CT molecular complexity index is 1150. The van der Waals surface area contributed by atoms with Gasteiger partial charge in [0.1, 0.15) is 11.4 Å². The molecular weight excluding hydrogens is 430 g/mol. The molecule has 0 radical (unpaired) electrons. The zero-order valence-electron chi connectivity index (χ0n) is 17.1. The second kappa shape index (κ2) is 10.8. The van der Waals surface area contributed by atoms with Crippen LogP contribution in [0.3, 0.4) is 0 Å². The minimum atomic E-state index is -0.717. The first kappa shape index (κ1) is 22.6. The molecular formula is C24H20ClN3O4. The van der Waals surface area contributed by atoms with Crippen molar-refractivity contribution < 1.29 is 19.1 Å². The molecule has 0 aliphatic carbocycles. The number of methoxy groups -OCH3 is 1. The first-order chi connectivity index (χ1) is 15.5. The smallest absolute Gasteiger partial charge is 0.286 e. The van der Waals surface area contributed by atoms with Gasteiger partial charge < -0.3 is 10.1 Å². The van der Waals surface area contributed by atoms with E-state index in [1.807, 2.05) is 0 Å². The van der Waals surface area contributed by atoms with E-state index in [2.05, 4.69) is 16.2 Å². The van der Waals surface area contributed by atoms with Crippen LogP contribution in [0.5, 0.6) is 5.75 Å². The van der Waals surface area contributed by atoms with E-state index in [0.29, 0.717) is 16.9 Å². The highest BCUT2D eigenvalue weighted by molar-refractivity contribution is 6.33. The molecule has 0 bridgehead atoms. The van der Waals surface area contributed by atoms with Crippen LogP contribution in [0.25, 0.3) is 6.08 Å². The number of carbonyl (C=O) groups is 3. The maximum Gasteiger partial charge on any atom is 0.286 e. The van der Waals surface area contributed by atoms with Crippen LogP contribution in [0.2, 0.25) is 5.02 Å². The molecule has 0 unspecified atom stereocenters. The Balaban J connectivity index is 1.79. The van der Waals surface area contributed by atoms with Gasteiger partial charge in [-0.05, 0) is 48.0 Å². The largest absolute Gasteiger partial charge is 0.497 e. The number of hydrogen-bond acceptors (Lipinski definition) is 4. The van der Waals surface area contributed by atoms with Crippen molar-refractivity contribution in [3.8, 4) is 5.75 Å². The molecule has 0 saturated heterocycles. The van der Waals surface area contributed by atoms with Gasteiger partial charge in [0.2, 0.25) is 0 Å². The van der Waals surface area contributed by atoms with Crippen molar-refractivity contribution in [2.45, 2.75) is 0 Å². The van der Waals surface area contributed by atoms with Gasteiger partial charge in [0.15, 0.2) is 0 Å². The molecule has 3 aromatic carbocycles. The van der Waals surface area contributed by atoms with Gasteiger partial charge in [-0.25, -0.2) is 0 Å². The van der Waals surface area contributed by atoms with E-state index >= 15 is 0 Å². The fraction of sp³-hybridized carbons (Fsp3) is 0.0417. The Kier molecular flexibility index (Phi) is 7.61. The van der Waals surface area contributed by atoms with E-state index < -0.39 is 17.7 Å². The van der Waals surface area contributed by atoms with Crippen molar-refractivity contribution in [1.82, 2.24) is 16.2 Å². The molecule has 3 rings (SSSR count). The molecule has 0 aliphatic heterocycles. The van der Waals surface area contributed by atoms with Gasteiger partial charge in [0.05, 0.1) is 17.7 Å². The molecule has 162 valence electrons. The average molecular weight is 450 g/mol. The van der Waals surface area contributed by atoms with E-state index in [0.717, 1.165) is 0 Å². The van der Waals surface area contributed by atoms with E-state index in [1.165, 1.54) is 12.1 Å². The summed E-state index contributed by atoms with van der Waals surface area (Å²) in [4.78, 5) is 37.7. The Hall–Kier alpha value is -4.10. The maximum absolute atomic E-state index is 12.8. The molecule has 0 aliphatic rings. The predicted octanol–water partition coefficient (Wildman–Crippen LogP) is 3.58. The minimum Gasteiger partial charge on any atom is -0.497 e. The van der Waals surface area contributed by atoms with Crippen LogP contribution in [0.4, 0.5) is 0 Å². The highest BCUT2D eigenvalue weighted by Crippen LogP contribution is 2.15. The molecule has 3 amide bonds. The van der Waals surface area contributed by atoms with Gasteiger partial charge in [-0.1, -0.05) is 54.1 Å². The standard InChI is InChI=1S/C24H20ClN3O4/c1-32-18-13-11-16(12-14-18)15-21(26-22(29)17-7-3-2-4-8-17)24(31)28-27-23(30)19-9-5-6-10-20(19)25/h2-15H,1H3,(H,26,29)(H,27,30)(H,28,31)/b21-15+. The summed E-state index contributed by atoms with van der Waals surface area (Å²) in [6.45, 7) is 0. The molecule has 0 aromatic heterocycles. The highest BCUT2D eigenvalue weighted by atomic mass is 35.5. The quantitative estimate of drug-likeness (QED) is 0.396. The summed E-state index contributed by atoms with van der Waals surface area (Å²) in [5, 5.41) is 2.83. The normalized spacial score (nSPS) is 10.8. The molecule has 0 atom stereocenters. The van der Waals surface area contributed by atoms with Crippen molar-refractivity contribution in [1.29, 1.82) is 0 Å². The molecule has 0 spiro atoms. The molecule has 7 nitrogen and oxygen atoms in total. The van der Waals surface area contributed by atoms with Crippen molar-refractivity contribution in [2.75, 3.05) is 7.11 Å². The third-order valence-electron chi connectivity index (χ3n) is 4.36. The molecule has 32 heavy (non-hydrogen) atoms. The highest BCUT2D eigenvalue weighted by Gasteiger charge is 2.16. The van der Waals surface area contributed by atoms with Crippen LogP contribution in [0.1, 0.15) is 26.3 Å². The van der Waals surface area contributed by atoms with Gasteiger partial charge in [-0.15, -0.1) is 0 Å². The Morgan fingerprint density at radius 1 is 0.812 bits per heavy atom. The SMILES string of the molecule is COc1ccc(/C=C(/NC(=O)c2ccccc2)C(=O)NNC(=O)c2ccccc2Cl)cc1. The van der Waals surface area contributed by atoms with Crippen molar-refractivity contribution in [2.24, 2.45) is 0 Å². The van der Waals surface area contributed by atoms with Crippen LogP contribution >= 0.6 is 11.6 Å². The lowest BCUT2D eigenvalue weighted by atomic mass is 10.1. The lowest BCUT2D eigenvalue weighted by molar-refractivity contribution is -0.118. The van der Waals surface area contributed by atoms with Gasteiger partial charge >= 0.3 is 0 Å². The number of benzene rings is 3. The summed E-state index contributed by atoms with van der Waals surface area (Å²) in [5.74, 6) is -1.14. The molecule has 3 aromatic rings. The van der Waals surface area contributed by atoms with Crippen molar-refractivity contribution >= 4 is 35.4 Å². The van der Waals surface area contributed by atoms with Crippen LogP contribution in [-0.4, -0.2) is 24.8 Å². The van der Waals surface area contributed by atoms with E-state index in [-0.39, 0.29) is 16.3 Å². The summed E-state index contributed by atoms with van der Waals surface area (Å²) in [5.41, 5.74) is 5.75. The van der Waals surface area contributed by atoms with E-state index in [1.54, 1.807) is 79.9 Å². The summed E-state index contributed by atoms with van der Waals surface area (Å²) < 4.78 is 5.13. The zero-order valence-corrected chi connectivity index (χ0v) is 17.8. The first-order valence-corrected chi connectivity index (χ1v) is 9.93. The molecule has 0 heterocycles. The van der Waals surface area contributed by atoms with Gasteiger partial charge in [0.25, 0.3) is 17.7 Å². The zero-order chi connectivity index (χ0) is 22.9. The number of hydrazine groups is 1. The van der Waals surface area contributed by atoms with Crippen LogP contribution < -0.4 is 20.9 Å². The summed E-state index contributed by atoms with van der Waals surface area (Å²) in [7, 11) is 1.55. The Labute approximate surface area is 190 Å². The topological polar surface area (TPSA) is 96.5 Å². The van der Waals surface area contributed by atoms with Crippen LogP contribution in [-0.2, 0) is 4.79 Å². The fourth-order valence-corrected chi connectivity index (χ4v) is 2.92. The third-order valence-corrected chi connectivity index (χ3v) is 4.69. The number of nitrogens with one attached hydrogen (secondary N) is 3. The second-order valence-electron chi connectivity index (χ2n) is 6.54. The summed E-state index contributed by atoms with van der Waals surface area (Å²) in [6, 6.07) is 21.8. The number of ether oxygens (including phenoxy) is 1. The van der Waals surface area contributed by atoms with Gasteiger partial charge in [0, 0.05) is 5.56 Å². The van der Waals surface area contributed by atoms with Crippen molar-refractivity contribution in [3.63, 3.8) is 0 Å².